The Hall–Kier alpha value is -3.28. The molecule has 0 fully saturated rings. The number of nitrogens with one attached hydrogen (secondary N) is 1. The number of aromatic nitrogens is 1. The van der Waals surface area contributed by atoms with Gasteiger partial charge in [-0.1, -0.05) is 24.3 Å². The molecule has 0 atom stereocenters. The van der Waals surface area contributed by atoms with Gasteiger partial charge < -0.3 is 5.11 Å². The van der Waals surface area contributed by atoms with Gasteiger partial charge in [-0.05, 0) is 19.1 Å². The fraction of sp³-hybridized carbons (Fsp3) is 0.0588. The highest BCUT2D eigenvalue weighted by Crippen LogP contribution is 2.31. The zero-order valence-electron chi connectivity index (χ0n) is 12.3. The number of ketones is 1. The molecule has 0 bridgehead atoms. The molecule has 6 heteroatoms. The highest BCUT2D eigenvalue weighted by molar-refractivity contribution is 6.35. The van der Waals surface area contributed by atoms with E-state index in [2.05, 4.69) is 15.5 Å². The van der Waals surface area contributed by atoms with E-state index in [-0.39, 0.29) is 22.8 Å². The Morgan fingerprint density at radius 1 is 1.13 bits per heavy atom. The van der Waals surface area contributed by atoms with Gasteiger partial charge in [0, 0.05) is 29.1 Å². The summed E-state index contributed by atoms with van der Waals surface area (Å²) >= 11 is 0. The van der Waals surface area contributed by atoms with Gasteiger partial charge in [-0.15, -0.1) is 0 Å². The first-order chi connectivity index (χ1) is 11.1. The van der Waals surface area contributed by atoms with Crippen LogP contribution in [0.25, 0.3) is 5.76 Å². The highest BCUT2D eigenvalue weighted by atomic mass is 16.3. The minimum absolute atomic E-state index is 0.0984. The van der Waals surface area contributed by atoms with Gasteiger partial charge in [0.25, 0.3) is 5.91 Å². The molecule has 114 valence electrons. The number of rotatable bonds is 3. The minimum atomic E-state index is -0.421. The van der Waals surface area contributed by atoms with Crippen LogP contribution >= 0.6 is 0 Å². The van der Waals surface area contributed by atoms with Crippen molar-refractivity contribution < 1.29 is 14.7 Å². The van der Waals surface area contributed by atoms with E-state index in [1.165, 1.54) is 12.4 Å². The first-order valence-electron chi connectivity index (χ1n) is 6.92. The summed E-state index contributed by atoms with van der Waals surface area (Å²) in [6.45, 7) is 1.56. The third-order valence-corrected chi connectivity index (χ3v) is 3.52. The van der Waals surface area contributed by atoms with E-state index in [9.17, 15) is 14.7 Å². The van der Waals surface area contributed by atoms with Crippen LogP contribution in [0.1, 0.15) is 33.2 Å². The van der Waals surface area contributed by atoms with Crippen LogP contribution < -0.4 is 5.43 Å². The van der Waals surface area contributed by atoms with Crippen LogP contribution in [0.5, 0.6) is 0 Å². The average Bonchev–Trinajstić information content (AvgIpc) is 2.85. The number of allylic oxidation sites excluding steroid dienone is 1. The lowest BCUT2D eigenvalue weighted by molar-refractivity contribution is 0.0953. The predicted molar refractivity (Wildman–Crippen MR) is 85.1 cm³/mol. The van der Waals surface area contributed by atoms with Crippen molar-refractivity contribution in [3.05, 3.63) is 71.1 Å². The average molecular weight is 307 g/mol. The summed E-state index contributed by atoms with van der Waals surface area (Å²) in [6.07, 6.45) is 2.99. The molecule has 1 aliphatic carbocycles. The van der Waals surface area contributed by atoms with Crippen LogP contribution in [-0.2, 0) is 0 Å². The molecule has 2 N–H and O–H groups in total. The number of carbonyl (C=O) groups is 2. The zero-order valence-corrected chi connectivity index (χ0v) is 12.3. The molecule has 0 unspecified atom stereocenters. The quantitative estimate of drug-likeness (QED) is 0.672. The molecule has 0 saturated heterocycles. The molecule has 23 heavy (non-hydrogen) atoms. The van der Waals surface area contributed by atoms with Crippen LogP contribution in [0, 0.1) is 0 Å². The second-order valence-corrected chi connectivity index (χ2v) is 4.97. The lowest BCUT2D eigenvalue weighted by Crippen LogP contribution is -2.20. The van der Waals surface area contributed by atoms with Gasteiger partial charge in [0.1, 0.15) is 5.76 Å². The number of Topliss-reactive ketones (excluding diaryl/α,β-unsaturated/α-hetero) is 1. The molecular formula is C17H13N3O3. The van der Waals surface area contributed by atoms with Gasteiger partial charge >= 0.3 is 0 Å². The summed E-state index contributed by atoms with van der Waals surface area (Å²) in [5.41, 5.74) is 4.01. The second-order valence-electron chi connectivity index (χ2n) is 4.97. The molecular weight excluding hydrogens is 294 g/mol. The summed E-state index contributed by atoms with van der Waals surface area (Å²) in [6, 6.07) is 9.87. The standard InChI is InChI=1S/C17H13N3O3/c1-10(19-20-17(23)11-6-8-18-9-7-11)14-15(21)12-4-2-3-5-13(12)16(14)22/h2-9,21H,1H3,(H,20,23)/b19-10+. The van der Waals surface area contributed by atoms with Crippen LogP contribution in [0.3, 0.4) is 0 Å². The smallest absolute Gasteiger partial charge is 0.271 e. The van der Waals surface area contributed by atoms with Crippen molar-refractivity contribution in [2.45, 2.75) is 6.92 Å². The number of aliphatic hydroxyl groups is 1. The lowest BCUT2D eigenvalue weighted by Gasteiger charge is -2.03. The molecule has 1 aromatic carbocycles. The Labute approximate surface area is 132 Å². The van der Waals surface area contributed by atoms with Gasteiger partial charge in [0.2, 0.25) is 0 Å². The first kappa shape index (κ1) is 14.6. The zero-order chi connectivity index (χ0) is 16.4. The van der Waals surface area contributed by atoms with E-state index in [4.69, 9.17) is 0 Å². The van der Waals surface area contributed by atoms with Gasteiger partial charge in [0.05, 0.1) is 11.3 Å². The number of pyridine rings is 1. The number of hydrazone groups is 1. The Kier molecular flexibility index (Phi) is 3.72. The molecule has 1 heterocycles. The van der Waals surface area contributed by atoms with Crippen molar-refractivity contribution in [2.24, 2.45) is 5.10 Å². The van der Waals surface area contributed by atoms with E-state index in [1.807, 2.05) is 0 Å². The van der Waals surface area contributed by atoms with Crippen molar-refractivity contribution in [1.29, 1.82) is 0 Å². The first-order valence-corrected chi connectivity index (χ1v) is 6.92. The van der Waals surface area contributed by atoms with E-state index in [1.54, 1.807) is 43.3 Å². The number of fused-ring (bicyclic) bond motifs is 1. The molecule has 0 saturated carbocycles. The summed E-state index contributed by atoms with van der Waals surface area (Å²) in [5, 5.41) is 14.1. The fourth-order valence-electron chi connectivity index (χ4n) is 2.36. The third-order valence-electron chi connectivity index (χ3n) is 3.52. The molecule has 1 aliphatic rings. The van der Waals surface area contributed by atoms with Crippen LogP contribution in [-0.4, -0.2) is 27.5 Å². The molecule has 1 aromatic heterocycles. The fourth-order valence-corrected chi connectivity index (χ4v) is 2.36. The lowest BCUT2D eigenvalue weighted by atomic mass is 10.1. The number of amides is 1. The van der Waals surface area contributed by atoms with E-state index < -0.39 is 5.91 Å². The summed E-state index contributed by atoms with van der Waals surface area (Å²) in [5.74, 6) is -0.850. The van der Waals surface area contributed by atoms with E-state index >= 15 is 0 Å². The number of aliphatic hydroxyl groups excluding tert-OH is 1. The van der Waals surface area contributed by atoms with Crippen molar-refractivity contribution >= 4 is 23.2 Å². The number of benzene rings is 1. The van der Waals surface area contributed by atoms with Crippen molar-refractivity contribution in [3.8, 4) is 0 Å². The SMILES string of the molecule is C/C(=N\NC(=O)c1ccncc1)C1=C(O)c2ccccc2C1=O. The second kappa shape index (κ2) is 5.84. The molecule has 6 nitrogen and oxygen atoms in total. The molecule has 3 rings (SSSR count). The Morgan fingerprint density at radius 3 is 2.43 bits per heavy atom. The number of nitrogens with zero attached hydrogens (tertiary/aromatic N) is 2. The van der Waals surface area contributed by atoms with Crippen molar-refractivity contribution in [2.75, 3.05) is 0 Å². The number of hydrogen-bond acceptors (Lipinski definition) is 5. The topological polar surface area (TPSA) is 91.7 Å². The maximum absolute atomic E-state index is 12.3. The molecule has 2 aromatic rings. The third kappa shape index (κ3) is 2.62. The summed E-state index contributed by atoms with van der Waals surface area (Å²) in [4.78, 5) is 28.1. The molecule has 0 radical (unpaired) electrons. The molecule has 0 aliphatic heterocycles. The largest absolute Gasteiger partial charge is 0.506 e. The normalized spacial score (nSPS) is 14.0. The molecule has 0 spiro atoms. The summed E-state index contributed by atoms with van der Waals surface area (Å²) in [7, 11) is 0. The van der Waals surface area contributed by atoms with Gasteiger partial charge in [-0.3, -0.25) is 14.6 Å². The van der Waals surface area contributed by atoms with Crippen molar-refractivity contribution in [3.63, 3.8) is 0 Å². The summed E-state index contributed by atoms with van der Waals surface area (Å²) < 4.78 is 0. The number of carbonyl (C=O) groups excluding carboxylic acids is 2. The molecule has 1 amide bonds. The van der Waals surface area contributed by atoms with Crippen LogP contribution in [0.4, 0.5) is 0 Å². The van der Waals surface area contributed by atoms with Gasteiger partial charge in [-0.25, -0.2) is 5.43 Å². The van der Waals surface area contributed by atoms with Crippen molar-refractivity contribution in [1.82, 2.24) is 10.4 Å². The predicted octanol–water partition coefficient (Wildman–Crippen LogP) is 2.35. The van der Waals surface area contributed by atoms with E-state index in [0.717, 1.165) is 0 Å². The van der Waals surface area contributed by atoms with Gasteiger partial charge in [0.15, 0.2) is 5.78 Å². The maximum Gasteiger partial charge on any atom is 0.271 e. The number of hydrogen-bond donors (Lipinski definition) is 2. The van der Waals surface area contributed by atoms with E-state index in [0.29, 0.717) is 16.7 Å². The minimum Gasteiger partial charge on any atom is -0.506 e. The van der Waals surface area contributed by atoms with Crippen LogP contribution in [0.15, 0.2) is 59.5 Å². The Bertz CT molecular complexity index is 854. The van der Waals surface area contributed by atoms with Gasteiger partial charge in [-0.2, -0.15) is 5.10 Å². The Morgan fingerprint density at radius 2 is 1.78 bits per heavy atom. The van der Waals surface area contributed by atoms with Crippen LogP contribution in [0.2, 0.25) is 0 Å². The Balaban J connectivity index is 1.84. The maximum atomic E-state index is 12.3. The highest BCUT2D eigenvalue weighted by Gasteiger charge is 2.31. The monoisotopic (exact) mass is 307 g/mol.